The number of aromatic nitrogens is 2. The average molecular weight is 249 g/mol. The lowest BCUT2D eigenvalue weighted by molar-refractivity contribution is 1.08. The van der Waals surface area contributed by atoms with Crippen molar-refractivity contribution in [1.82, 2.24) is 9.55 Å². The first-order chi connectivity index (χ1) is 9.25. The number of rotatable bonds is 2. The van der Waals surface area contributed by atoms with Gasteiger partial charge in [0.15, 0.2) is 0 Å². The van der Waals surface area contributed by atoms with Crippen LogP contribution in [-0.4, -0.2) is 9.55 Å². The molecule has 0 fully saturated rings. The highest BCUT2D eigenvalue weighted by atomic mass is 15.1. The van der Waals surface area contributed by atoms with Gasteiger partial charge in [-0.05, 0) is 19.1 Å². The molecule has 3 rings (SSSR count). The number of aryl methyl sites for hydroxylation is 1. The number of nitrogens with zero attached hydrogens (tertiary/aromatic N) is 2. The summed E-state index contributed by atoms with van der Waals surface area (Å²) < 4.78 is 1.96. The lowest BCUT2D eigenvalue weighted by Gasteiger charge is -2.10. The number of nitrogen functional groups attached to an aromatic ring is 1. The second-order valence-corrected chi connectivity index (χ2v) is 4.54. The predicted octanol–water partition coefficient (Wildman–Crippen LogP) is 3.43. The second-order valence-electron chi connectivity index (χ2n) is 4.54. The Kier molecular flexibility index (Phi) is 2.80. The van der Waals surface area contributed by atoms with Gasteiger partial charge in [0, 0.05) is 11.3 Å². The van der Waals surface area contributed by atoms with Crippen molar-refractivity contribution >= 4 is 5.82 Å². The Balaban J connectivity index is 2.16. The summed E-state index contributed by atoms with van der Waals surface area (Å²) in [5.41, 5.74) is 9.35. The zero-order chi connectivity index (χ0) is 13.2. The minimum atomic E-state index is 0.641. The van der Waals surface area contributed by atoms with Crippen molar-refractivity contribution in [2.45, 2.75) is 6.92 Å². The molecule has 94 valence electrons. The maximum Gasteiger partial charge on any atom is 0.146 e. The standard InChI is InChI=1S/C16H15N3/c1-12-7-9-13(10-8-12)16-18-11-15(17)19(16)14-5-3-2-4-6-14/h2-11H,17H2,1H3. The minimum absolute atomic E-state index is 0.641. The molecule has 0 saturated heterocycles. The maximum absolute atomic E-state index is 6.04. The van der Waals surface area contributed by atoms with Crippen molar-refractivity contribution in [1.29, 1.82) is 0 Å². The summed E-state index contributed by atoms with van der Waals surface area (Å²) in [4.78, 5) is 4.43. The van der Waals surface area contributed by atoms with E-state index < -0.39 is 0 Å². The molecule has 0 saturated carbocycles. The van der Waals surface area contributed by atoms with Crippen LogP contribution in [-0.2, 0) is 0 Å². The first-order valence-electron chi connectivity index (χ1n) is 6.21. The summed E-state index contributed by atoms with van der Waals surface area (Å²) in [6.45, 7) is 2.07. The summed E-state index contributed by atoms with van der Waals surface area (Å²) in [5, 5.41) is 0. The van der Waals surface area contributed by atoms with Crippen LogP contribution in [0.15, 0.2) is 60.8 Å². The average Bonchev–Trinajstić information content (AvgIpc) is 2.82. The van der Waals surface area contributed by atoms with Crippen molar-refractivity contribution in [2.75, 3.05) is 5.73 Å². The smallest absolute Gasteiger partial charge is 0.146 e. The Morgan fingerprint density at radius 1 is 0.947 bits per heavy atom. The summed E-state index contributed by atoms with van der Waals surface area (Å²) in [6, 6.07) is 18.3. The molecule has 0 atom stereocenters. The van der Waals surface area contributed by atoms with Gasteiger partial charge in [-0.15, -0.1) is 0 Å². The van der Waals surface area contributed by atoms with Crippen LogP contribution in [0, 0.1) is 6.92 Å². The lowest BCUT2D eigenvalue weighted by atomic mass is 10.1. The van der Waals surface area contributed by atoms with E-state index in [1.54, 1.807) is 6.20 Å². The normalized spacial score (nSPS) is 10.6. The van der Waals surface area contributed by atoms with Gasteiger partial charge < -0.3 is 5.73 Å². The molecule has 1 heterocycles. The molecule has 1 aromatic heterocycles. The van der Waals surface area contributed by atoms with Gasteiger partial charge in [-0.3, -0.25) is 4.57 Å². The topological polar surface area (TPSA) is 43.8 Å². The number of imidazole rings is 1. The van der Waals surface area contributed by atoms with Crippen LogP contribution in [0.2, 0.25) is 0 Å². The van der Waals surface area contributed by atoms with Gasteiger partial charge in [-0.1, -0.05) is 48.0 Å². The molecule has 3 heteroatoms. The highest BCUT2D eigenvalue weighted by molar-refractivity contribution is 5.63. The predicted molar refractivity (Wildman–Crippen MR) is 78.1 cm³/mol. The van der Waals surface area contributed by atoms with Crippen molar-refractivity contribution in [3.05, 3.63) is 66.4 Å². The van der Waals surface area contributed by atoms with E-state index in [1.165, 1.54) is 5.56 Å². The molecule has 3 aromatic rings. The molecule has 0 amide bonds. The third-order valence-electron chi connectivity index (χ3n) is 3.11. The maximum atomic E-state index is 6.04. The molecule has 0 bridgehead atoms. The van der Waals surface area contributed by atoms with E-state index in [0.29, 0.717) is 5.82 Å². The Labute approximate surface area is 112 Å². The Hall–Kier alpha value is -2.55. The molecule has 2 N–H and O–H groups in total. The number of anilines is 1. The molecule has 0 unspecified atom stereocenters. The number of hydrogen-bond acceptors (Lipinski definition) is 2. The summed E-state index contributed by atoms with van der Waals surface area (Å²) in [6.07, 6.45) is 1.70. The zero-order valence-electron chi connectivity index (χ0n) is 10.7. The van der Waals surface area contributed by atoms with Gasteiger partial charge in [0.25, 0.3) is 0 Å². The Morgan fingerprint density at radius 3 is 2.32 bits per heavy atom. The fraction of sp³-hybridized carbons (Fsp3) is 0.0625. The molecule has 0 aliphatic heterocycles. The van der Waals surface area contributed by atoms with Crippen molar-refractivity contribution in [3.8, 4) is 17.1 Å². The zero-order valence-corrected chi connectivity index (χ0v) is 10.7. The van der Waals surface area contributed by atoms with Crippen LogP contribution < -0.4 is 5.73 Å². The van der Waals surface area contributed by atoms with Gasteiger partial charge in [-0.2, -0.15) is 0 Å². The van der Waals surface area contributed by atoms with Crippen LogP contribution in [0.1, 0.15) is 5.56 Å². The van der Waals surface area contributed by atoms with Crippen LogP contribution in [0.5, 0.6) is 0 Å². The fourth-order valence-electron chi connectivity index (χ4n) is 2.12. The van der Waals surface area contributed by atoms with Crippen LogP contribution >= 0.6 is 0 Å². The number of nitrogens with two attached hydrogens (primary N) is 1. The minimum Gasteiger partial charge on any atom is -0.383 e. The van der Waals surface area contributed by atoms with Gasteiger partial charge in [0.05, 0.1) is 6.20 Å². The first kappa shape index (κ1) is 11.5. The largest absolute Gasteiger partial charge is 0.383 e. The van der Waals surface area contributed by atoms with Crippen molar-refractivity contribution < 1.29 is 0 Å². The number of hydrogen-bond donors (Lipinski definition) is 1. The molecule has 2 aromatic carbocycles. The van der Waals surface area contributed by atoms with E-state index in [-0.39, 0.29) is 0 Å². The van der Waals surface area contributed by atoms with E-state index in [2.05, 4.69) is 36.2 Å². The van der Waals surface area contributed by atoms with E-state index in [1.807, 2.05) is 34.9 Å². The molecule has 0 radical (unpaired) electrons. The lowest BCUT2D eigenvalue weighted by Crippen LogP contribution is -2.01. The molecule has 0 spiro atoms. The highest BCUT2D eigenvalue weighted by Gasteiger charge is 2.11. The molecule has 0 aliphatic carbocycles. The molecule has 3 nitrogen and oxygen atoms in total. The Morgan fingerprint density at radius 2 is 1.63 bits per heavy atom. The quantitative estimate of drug-likeness (QED) is 0.756. The SMILES string of the molecule is Cc1ccc(-c2ncc(N)n2-c2ccccc2)cc1. The van der Waals surface area contributed by atoms with Crippen molar-refractivity contribution in [2.24, 2.45) is 0 Å². The van der Waals surface area contributed by atoms with Crippen LogP contribution in [0.4, 0.5) is 5.82 Å². The third kappa shape index (κ3) is 2.10. The van der Waals surface area contributed by atoms with Crippen molar-refractivity contribution in [3.63, 3.8) is 0 Å². The first-order valence-corrected chi connectivity index (χ1v) is 6.21. The summed E-state index contributed by atoms with van der Waals surface area (Å²) in [7, 11) is 0. The van der Waals surface area contributed by atoms with Gasteiger partial charge >= 0.3 is 0 Å². The van der Waals surface area contributed by atoms with Gasteiger partial charge in [0.2, 0.25) is 0 Å². The van der Waals surface area contributed by atoms with E-state index in [0.717, 1.165) is 17.1 Å². The molecular formula is C16H15N3. The van der Waals surface area contributed by atoms with E-state index in [4.69, 9.17) is 5.73 Å². The van der Waals surface area contributed by atoms with Crippen LogP contribution in [0.25, 0.3) is 17.1 Å². The third-order valence-corrected chi connectivity index (χ3v) is 3.11. The molecule has 19 heavy (non-hydrogen) atoms. The summed E-state index contributed by atoms with van der Waals surface area (Å²) in [5.74, 6) is 1.51. The number of benzene rings is 2. The van der Waals surface area contributed by atoms with E-state index >= 15 is 0 Å². The summed E-state index contributed by atoms with van der Waals surface area (Å²) >= 11 is 0. The highest BCUT2D eigenvalue weighted by Crippen LogP contribution is 2.25. The van der Waals surface area contributed by atoms with Gasteiger partial charge in [-0.25, -0.2) is 4.98 Å². The fourth-order valence-corrected chi connectivity index (χ4v) is 2.12. The van der Waals surface area contributed by atoms with Gasteiger partial charge in [0.1, 0.15) is 11.6 Å². The monoisotopic (exact) mass is 249 g/mol. The molecular weight excluding hydrogens is 234 g/mol. The Bertz CT molecular complexity index is 682. The number of para-hydroxylation sites is 1. The van der Waals surface area contributed by atoms with E-state index in [9.17, 15) is 0 Å². The second kappa shape index (κ2) is 4.61. The van der Waals surface area contributed by atoms with Crippen LogP contribution in [0.3, 0.4) is 0 Å². The molecule has 0 aliphatic rings.